The van der Waals surface area contributed by atoms with Crippen LogP contribution in [0.15, 0.2) is 57.9 Å². The van der Waals surface area contributed by atoms with Crippen molar-refractivity contribution in [3.8, 4) is 0 Å². The summed E-state index contributed by atoms with van der Waals surface area (Å²) in [6.45, 7) is 0. The van der Waals surface area contributed by atoms with Crippen LogP contribution in [0.25, 0.3) is 0 Å². The number of pyridine rings is 1. The molecule has 9 heteroatoms. The monoisotopic (exact) mass is 416 g/mol. The van der Waals surface area contributed by atoms with Crippen molar-refractivity contribution < 1.29 is 27.2 Å². The SMILES string of the molecule is O=C1CC(c2ccco2)Cc2[nH]c(=O)c(C(=O)Nc3cccc(C(F)(F)F)c3)cc21. The number of halogens is 3. The van der Waals surface area contributed by atoms with E-state index >= 15 is 0 Å². The number of H-pyrrole nitrogens is 1. The molecule has 4 rings (SSSR count). The minimum Gasteiger partial charge on any atom is -0.469 e. The van der Waals surface area contributed by atoms with Gasteiger partial charge < -0.3 is 14.7 Å². The van der Waals surface area contributed by atoms with Crippen LogP contribution in [0.5, 0.6) is 0 Å². The summed E-state index contributed by atoms with van der Waals surface area (Å²) in [6, 6.07) is 8.71. The molecule has 0 aliphatic heterocycles. The largest absolute Gasteiger partial charge is 0.469 e. The highest BCUT2D eigenvalue weighted by molar-refractivity contribution is 6.06. The third-order valence-corrected chi connectivity index (χ3v) is 4.94. The second-order valence-corrected chi connectivity index (χ2v) is 6.98. The van der Waals surface area contributed by atoms with Crippen molar-refractivity contribution >= 4 is 17.4 Å². The lowest BCUT2D eigenvalue weighted by Gasteiger charge is -2.22. The van der Waals surface area contributed by atoms with E-state index in [1.54, 1.807) is 12.1 Å². The molecule has 3 aromatic rings. The Kier molecular flexibility index (Phi) is 4.81. The normalized spacial score (nSPS) is 16.2. The maximum atomic E-state index is 12.8. The summed E-state index contributed by atoms with van der Waals surface area (Å²) in [5, 5.41) is 2.28. The number of hydrogen-bond acceptors (Lipinski definition) is 4. The number of ketones is 1. The zero-order valence-corrected chi connectivity index (χ0v) is 15.4. The van der Waals surface area contributed by atoms with Gasteiger partial charge in [-0.2, -0.15) is 13.2 Å². The number of aromatic amines is 1. The zero-order chi connectivity index (χ0) is 21.5. The molecule has 1 atom stereocenters. The Morgan fingerprint density at radius 1 is 1.10 bits per heavy atom. The summed E-state index contributed by atoms with van der Waals surface area (Å²) in [5.74, 6) is -0.761. The first-order chi connectivity index (χ1) is 14.2. The number of aromatic nitrogens is 1. The minimum atomic E-state index is -4.57. The molecule has 1 unspecified atom stereocenters. The molecule has 2 heterocycles. The number of alkyl halides is 3. The molecule has 2 N–H and O–H groups in total. The average Bonchev–Trinajstić information content (AvgIpc) is 3.21. The fourth-order valence-corrected chi connectivity index (χ4v) is 3.50. The molecule has 0 fully saturated rings. The molecule has 0 spiro atoms. The topological polar surface area (TPSA) is 92.2 Å². The van der Waals surface area contributed by atoms with Crippen molar-refractivity contribution in [2.45, 2.75) is 24.9 Å². The molecule has 1 amide bonds. The van der Waals surface area contributed by atoms with E-state index in [0.717, 1.165) is 18.2 Å². The Labute approximate surface area is 167 Å². The number of Topliss-reactive ketones (excluding diaryl/α,β-unsaturated/α-hetero) is 1. The van der Waals surface area contributed by atoms with E-state index in [1.165, 1.54) is 18.4 Å². The molecule has 0 saturated heterocycles. The highest BCUT2D eigenvalue weighted by atomic mass is 19.4. The number of hydrogen-bond donors (Lipinski definition) is 2. The van der Waals surface area contributed by atoms with E-state index in [4.69, 9.17) is 4.42 Å². The quantitative estimate of drug-likeness (QED) is 0.671. The molecule has 6 nitrogen and oxygen atoms in total. The number of carbonyl (C=O) groups excluding carboxylic acids is 2. The molecule has 2 aromatic heterocycles. The van der Waals surface area contributed by atoms with Crippen LogP contribution < -0.4 is 10.9 Å². The van der Waals surface area contributed by atoms with Crippen LogP contribution in [-0.4, -0.2) is 16.7 Å². The van der Waals surface area contributed by atoms with Crippen LogP contribution in [0.3, 0.4) is 0 Å². The van der Waals surface area contributed by atoms with Gasteiger partial charge in [0.15, 0.2) is 5.78 Å². The van der Waals surface area contributed by atoms with Crippen molar-refractivity contribution in [2.75, 3.05) is 5.32 Å². The van der Waals surface area contributed by atoms with E-state index in [-0.39, 0.29) is 34.9 Å². The van der Waals surface area contributed by atoms with Gasteiger partial charge in [0, 0.05) is 29.3 Å². The third-order valence-electron chi connectivity index (χ3n) is 4.94. The number of rotatable bonds is 3. The van der Waals surface area contributed by atoms with E-state index in [9.17, 15) is 27.6 Å². The summed E-state index contributed by atoms with van der Waals surface area (Å²) < 4.78 is 43.9. The van der Waals surface area contributed by atoms with Gasteiger partial charge in [-0.15, -0.1) is 0 Å². The zero-order valence-electron chi connectivity index (χ0n) is 15.4. The van der Waals surface area contributed by atoms with E-state index in [0.29, 0.717) is 17.9 Å². The summed E-state index contributed by atoms with van der Waals surface area (Å²) in [5.41, 5.74) is -1.52. The minimum absolute atomic E-state index is 0.115. The van der Waals surface area contributed by atoms with Crippen molar-refractivity contribution in [3.63, 3.8) is 0 Å². The van der Waals surface area contributed by atoms with Gasteiger partial charge in [0.1, 0.15) is 11.3 Å². The smallest absolute Gasteiger partial charge is 0.416 e. The molecule has 154 valence electrons. The number of nitrogens with one attached hydrogen (secondary N) is 2. The maximum Gasteiger partial charge on any atom is 0.416 e. The fourth-order valence-electron chi connectivity index (χ4n) is 3.50. The van der Waals surface area contributed by atoms with E-state index in [2.05, 4.69) is 10.3 Å². The lowest BCUT2D eigenvalue weighted by molar-refractivity contribution is -0.137. The number of fused-ring (bicyclic) bond motifs is 1. The molecular weight excluding hydrogens is 401 g/mol. The van der Waals surface area contributed by atoms with Gasteiger partial charge in [0.2, 0.25) is 0 Å². The standard InChI is InChI=1S/C21H15F3N2O4/c22-21(23,24)12-3-1-4-13(9-12)25-19(28)15-10-14-16(26-20(15)29)7-11(8-17(14)27)18-5-2-6-30-18/h1-6,9-11H,7-8H2,(H,25,28)(H,26,29). The number of anilines is 1. The van der Waals surface area contributed by atoms with Gasteiger partial charge in [0.05, 0.1) is 11.8 Å². The number of carbonyl (C=O) groups is 2. The average molecular weight is 416 g/mol. The molecule has 30 heavy (non-hydrogen) atoms. The van der Waals surface area contributed by atoms with Gasteiger partial charge in [-0.05, 0) is 42.8 Å². The first-order valence-corrected chi connectivity index (χ1v) is 9.04. The molecular formula is C21H15F3N2O4. The van der Waals surface area contributed by atoms with Crippen molar-refractivity contribution in [3.05, 3.63) is 87.2 Å². The van der Waals surface area contributed by atoms with Crippen molar-refractivity contribution in [1.29, 1.82) is 0 Å². The predicted molar refractivity (Wildman–Crippen MR) is 101 cm³/mol. The van der Waals surface area contributed by atoms with Gasteiger partial charge in [-0.25, -0.2) is 0 Å². The van der Waals surface area contributed by atoms with Gasteiger partial charge in [-0.1, -0.05) is 6.07 Å². The Morgan fingerprint density at radius 2 is 1.90 bits per heavy atom. The summed E-state index contributed by atoms with van der Waals surface area (Å²) in [7, 11) is 0. The van der Waals surface area contributed by atoms with E-state index in [1.807, 2.05) is 0 Å². The molecule has 1 aliphatic carbocycles. The number of benzene rings is 1. The van der Waals surface area contributed by atoms with Crippen LogP contribution in [0, 0.1) is 0 Å². The maximum absolute atomic E-state index is 12.8. The second kappa shape index (κ2) is 7.33. The highest BCUT2D eigenvalue weighted by Gasteiger charge is 2.31. The Balaban J connectivity index is 1.61. The van der Waals surface area contributed by atoms with Crippen LogP contribution in [0.1, 0.15) is 50.1 Å². The lowest BCUT2D eigenvalue weighted by Crippen LogP contribution is -2.29. The Hall–Kier alpha value is -3.62. The van der Waals surface area contributed by atoms with Crippen LogP contribution >= 0.6 is 0 Å². The third kappa shape index (κ3) is 3.78. The molecule has 1 aliphatic rings. The first-order valence-electron chi connectivity index (χ1n) is 9.04. The molecule has 0 bridgehead atoms. The van der Waals surface area contributed by atoms with Crippen molar-refractivity contribution in [2.24, 2.45) is 0 Å². The van der Waals surface area contributed by atoms with Gasteiger partial charge in [0.25, 0.3) is 11.5 Å². The first kappa shape index (κ1) is 19.7. The number of furan rings is 1. The van der Waals surface area contributed by atoms with Gasteiger partial charge >= 0.3 is 6.18 Å². The van der Waals surface area contributed by atoms with E-state index < -0.39 is 23.2 Å². The summed E-state index contributed by atoms with van der Waals surface area (Å²) >= 11 is 0. The lowest BCUT2D eigenvalue weighted by atomic mass is 9.84. The van der Waals surface area contributed by atoms with Gasteiger partial charge in [-0.3, -0.25) is 14.4 Å². The van der Waals surface area contributed by atoms with Crippen molar-refractivity contribution in [1.82, 2.24) is 4.98 Å². The Morgan fingerprint density at radius 3 is 2.60 bits per heavy atom. The van der Waals surface area contributed by atoms with Crippen LogP contribution in [0.2, 0.25) is 0 Å². The Bertz CT molecular complexity index is 1180. The van der Waals surface area contributed by atoms with Crippen LogP contribution in [0.4, 0.5) is 18.9 Å². The molecule has 1 aromatic carbocycles. The predicted octanol–water partition coefficient (Wildman–Crippen LogP) is 4.15. The molecule has 0 radical (unpaired) electrons. The number of amides is 1. The summed E-state index contributed by atoms with van der Waals surface area (Å²) in [6.07, 6.45) is -2.55. The second-order valence-electron chi connectivity index (χ2n) is 6.98. The molecule has 0 saturated carbocycles. The fraction of sp³-hybridized carbons (Fsp3) is 0.190. The van der Waals surface area contributed by atoms with Crippen LogP contribution in [-0.2, 0) is 12.6 Å². The highest BCUT2D eigenvalue weighted by Crippen LogP contribution is 2.32. The summed E-state index contributed by atoms with van der Waals surface area (Å²) in [4.78, 5) is 40.1.